The second kappa shape index (κ2) is 14.9. The van der Waals surface area contributed by atoms with E-state index in [1.165, 1.54) is 11.1 Å². The van der Waals surface area contributed by atoms with Crippen molar-refractivity contribution in [1.82, 2.24) is 0 Å². The molecule has 0 atom stereocenters. The van der Waals surface area contributed by atoms with Gasteiger partial charge in [0.2, 0.25) is 0 Å². The Morgan fingerprint density at radius 1 is 0.667 bits per heavy atom. The van der Waals surface area contributed by atoms with Crippen molar-refractivity contribution in [3.8, 4) is 11.5 Å². The molecule has 0 saturated heterocycles. The zero-order chi connectivity index (χ0) is 25.6. The summed E-state index contributed by atoms with van der Waals surface area (Å²) in [5, 5.41) is 2.01. The summed E-state index contributed by atoms with van der Waals surface area (Å²) in [6, 6.07) is 8.08. The quantitative estimate of drug-likeness (QED) is 0.195. The van der Waals surface area contributed by atoms with E-state index in [-0.39, 0.29) is 13.2 Å². The number of esters is 2. The molecule has 0 unspecified atom stereocenters. The van der Waals surface area contributed by atoms with Crippen molar-refractivity contribution in [2.24, 2.45) is 0 Å². The number of benzene rings is 2. The van der Waals surface area contributed by atoms with E-state index in [1.807, 2.05) is 24.3 Å². The lowest BCUT2D eigenvalue weighted by Gasteiger charge is -2.25. The van der Waals surface area contributed by atoms with E-state index < -0.39 is 11.9 Å². The number of carbonyl (C=O) groups excluding carboxylic acids is 2. The molecule has 0 spiro atoms. The third-order valence-corrected chi connectivity index (χ3v) is 5.66. The van der Waals surface area contributed by atoms with E-state index in [2.05, 4.69) is 13.2 Å². The van der Waals surface area contributed by atoms with Gasteiger partial charge >= 0.3 is 11.9 Å². The Hall–Kier alpha value is -3.36. The lowest BCUT2D eigenvalue weighted by atomic mass is 9.87. The van der Waals surface area contributed by atoms with Crippen molar-refractivity contribution >= 4 is 22.7 Å². The van der Waals surface area contributed by atoms with Gasteiger partial charge in [-0.3, -0.25) is 0 Å². The molecule has 194 valence electrons. The summed E-state index contributed by atoms with van der Waals surface area (Å²) in [4.78, 5) is 22.1. The lowest BCUT2D eigenvalue weighted by molar-refractivity contribution is -0.140. The number of carbonyl (C=O) groups is 2. The molecule has 0 aromatic heterocycles. The van der Waals surface area contributed by atoms with Crippen LogP contribution in [0.5, 0.6) is 11.5 Å². The fourth-order valence-electron chi connectivity index (χ4n) is 4.07. The molecule has 2 aromatic carbocycles. The molecule has 1 aliphatic carbocycles. The SMILES string of the molecule is C=CC(=O)OCCOCCOc1c2c(c(OCCOCCOC(=O)C=C)c3ccccc13)CCCC2. The van der Waals surface area contributed by atoms with Gasteiger partial charge in [-0.15, -0.1) is 0 Å². The first kappa shape index (κ1) is 27.2. The van der Waals surface area contributed by atoms with E-state index in [0.29, 0.717) is 39.6 Å². The Morgan fingerprint density at radius 2 is 1.08 bits per heavy atom. The highest BCUT2D eigenvalue weighted by atomic mass is 16.6. The maximum atomic E-state index is 11.1. The summed E-state index contributed by atoms with van der Waals surface area (Å²) in [7, 11) is 0. The predicted octanol–water partition coefficient (Wildman–Crippen LogP) is 3.97. The van der Waals surface area contributed by atoms with E-state index in [9.17, 15) is 9.59 Å². The highest BCUT2D eigenvalue weighted by molar-refractivity contribution is 5.96. The molecule has 0 aliphatic heterocycles. The Kier molecular flexibility index (Phi) is 11.3. The van der Waals surface area contributed by atoms with Gasteiger partial charge in [0.05, 0.1) is 26.4 Å². The lowest BCUT2D eigenvalue weighted by Crippen LogP contribution is -2.16. The van der Waals surface area contributed by atoms with Crippen molar-refractivity contribution in [2.75, 3.05) is 52.9 Å². The van der Waals surface area contributed by atoms with Crippen molar-refractivity contribution in [2.45, 2.75) is 25.7 Å². The molecule has 0 bridgehead atoms. The molecule has 0 saturated carbocycles. The summed E-state index contributed by atoms with van der Waals surface area (Å²) in [5.74, 6) is 0.843. The molecule has 0 radical (unpaired) electrons. The first-order valence-corrected chi connectivity index (χ1v) is 12.2. The second-order valence-corrected chi connectivity index (χ2v) is 8.03. The van der Waals surface area contributed by atoms with Gasteiger partial charge in [-0.05, 0) is 25.7 Å². The Balaban J connectivity index is 1.61. The van der Waals surface area contributed by atoms with Gasteiger partial charge in [0.15, 0.2) is 0 Å². The van der Waals surface area contributed by atoms with Crippen LogP contribution in [0.1, 0.15) is 24.0 Å². The molecule has 0 fully saturated rings. The minimum atomic E-state index is -0.462. The maximum Gasteiger partial charge on any atom is 0.330 e. The van der Waals surface area contributed by atoms with Gasteiger partial charge in [0.1, 0.15) is 37.9 Å². The van der Waals surface area contributed by atoms with Crippen LogP contribution >= 0.6 is 0 Å². The number of fused-ring (bicyclic) bond motifs is 2. The molecule has 0 amide bonds. The highest BCUT2D eigenvalue weighted by Crippen LogP contribution is 2.44. The predicted molar refractivity (Wildman–Crippen MR) is 136 cm³/mol. The summed E-state index contributed by atoms with van der Waals surface area (Å²) < 4.78 is 33.4. The fourth-order valence-corrected chi connectivity index (χ4v) is 4.07. The smallest absolute Gasteiger partial charge is 0.330 e. The van der Waals surface area contributed by atoms with Crippen LogP contribution in [-0.2, 0) is 41.4 Å². The summed E-state index contributed by atoms with van der Waals surface area (Å²) in [6.45, 7) is 9.21. The van der Waals surface area contributed by atoms with Crippen molar-refractivity contribution in [3.63, 3.8) is 0 Å². The fraction of sp³-hybridized carbons (Fsp3) is 0.429. The third-order valence-electron chi connectivity index (χ3n) is 5.66. The van der Waals surface area contributed by atoms with Crippen LogP contribution in [0.25, 0.3) is 10.8 Å². The minimum Gasteiger partial charge on any atom is -0.490 e. The molecular weight excluding hydrogens is 464 g/mol. The van der Waals surface area contributed by atoms with Gasteiger partial charge < -0.3 is 28.4 Å². The van der Waals surface area contributed by atoms with E-state index in [4.69, 9.17) is 28.4 Å². The van der Waals surface area contributed by atoms with Crippen LogP contribution in [0.15, 0.2) is 49.6 Å². The van der Waals surface area contributed by atoms with Crippen molar-refractivity contribution < 1.29 is 38.0 Å². The van der Waals surface area contributed by atoms with E-state index in [1.54, 1.807) is 0 Å². The zero-order valence-corrected chi connectivity index (χ0v) is 20.6. The number of ether oxygens (including phenoxy) is 6. The van der Waals surface area contributed by atoms with Crippen LogP contribution < -0.4 is 9.47 Å². The topological polar surface area (TPSA) is 89.5 Å². The van der Waals surface area contributed by atoms with Gasteiger partial charge in [-0.25, -0.2) is 9.59 Å². The molecule has 2 aromatic rings. The average Bonchev–Trinajstić information content (AvgIpc) is 2.92. The van der Waals surface area contributed by atoms with Gasteiger partial charge in [-0.2, -0.15) is 0 Å². The van der Waals surface area contributed by atoms with Gasteiger partial charge in [0.25, 0.3) is 0 Å². The normalized spacial score (nSPS) is 12.4. The monoisotopic (exact) mass is 498 g/mol. The largest absolute Gasteiger partial charge is 0.490 e. The highest BCUT2D eigenvalue weighted by Gasteiger charge is 2.23. The molecule has 0 heterocycles. The molecule has 8 heteroatoms. The first-order valence-electron chi connectivity index (χ1n) is 12.2. The van der Waals surface area contributed by atoms with E-state index in [0.717, 1.165) is 60.1 Å². The van der Waals surface area contributed by atoms with Crippen molar-refractivity contribution in [1.29, 1.82) is 0 Å². The average molecular weight is 499 g/mol. The number of rotatable bonds is 16. The molecule has 3 rings (SSSR count). The molecule has 0 N–H and O–H groups in total. The van der Waals surface area contributed by atoms with Crippen LogP contribution in [0.4, 0.5) is 0 Å². The summed E-state index contributed by atoms with van der Waals surface area (Å²) >= 11 is 0. The minimum absolute atomic E-state index is 0.179. The van der Waals surface area contributed by atoms with E-state index >= 15 is 0 Å². The maximum absolute atomic E-state index is 11.1. The Labute approximate surface area is 211 Å². The Morgan fingerprint density at radius 3 is 1.50 bits per heavy atom. The zero-order valence-electron chi connectivity index (χ0n) is 20.6. The second-order valence-electron chi connectivity index (χ2n) is 8.03. The number of hydrogen-bond donors (Lipinski definition) is 0. The van der Waals surface area contributed by atoms with Crippen LogP contribution in [0.2, 0.25) is 0 Å². The van der Waals surface area contributed by atoms with Crippen LogP contribution in [0, 0.1) is 0 Å². The molecule has 1 aliphatic rings. The number of hydrogen-bond acceptors (Lipinski definition) is 8. The Bertz CT molecular complexity index is 963. The standard InChI is InChI=1S/C28H34O8/c1-3-25(29)33-17-13-31-15-19-35-27-21-9-5-7-11-23(21)28(24-12-8-6-10-22(24)27)36-20-16-32-14-18-34-26(30)4-2/h3-5,7,9,11H,1-2,6,8,10,12-20H2. The van der Waals surface area contributed by atoms with Crippen LogP contribution in [0.3, 0.4) is 0 Å². The summed E-state index contributed by atoms with van der Waals surface area (Å²) in [5.41, 5.74) is 2.37. The summed E-state index contributed by atoms with van der Waals surface area (Å²) in [6.07, 6.45) is 6.30. The third kappa shape index (κ3) is 7.83. The van der Waals surface area contributed by atoms with Gasteiger partial charge in [0, 0.05) is 34.1 Å². The van der Waals surface area contributed by atoms with Gasteiger partial charge in [-0.1, -0.05) is 37.4 Å². The van der Waals surface area contributed by atoms with Crippen LogP contribution in [-0.4, -0.2) is 64.8 Å². The molecule has 36 heavy (non-hydrogen) atoms. The van der Waals surface area contributed by atoms with Crippen molar-refractivity contribution in [3.05, 3.63) is 60.7 Å². The molecule has 8 nitrogen and oxygen atoms in total. The molecular formula is C28H34O8. The first-order chi connectivity index (χ1) is 17.7.